The smallest absolute Gasteiger partial charge is 0.254 e. The number of amides is 1. The van der Waals surface area contributed by atoms with Crippen LogP contribution in [0, 0.1) is 0 Å². The van der Waals surface area contributed by atoms with Crippen LogP contribution in [0.5, 0.6) is 0 Å². The predicted octanol–water partition coefficient (Wildman–Crippen LogP) is 3.32. The molecular formula is C14H18BrClN2O. The SMILES string of the molecule is CCN(C(=O)c1ccc(Cl)c(Br)c1)C1CCNCC1. The third-order valence-electron chi connectivity index (χ3n) is 3.52. The molecule has 0 spiro atoms. The van der Waals surface area contributed by atoms with Crippen molar-refractivity contribution in [2.75, 3.05) is 19.6 Å². The fraction of sp³-hybridized carbons (Fsp3) is 0.500. The highest BCUT2D eigenvalue weighted by Crippen LogP contribution is 2.24. The van der Waals surface area contributed by atoms with Gasteiger partial charge in [0.15, 0.2) is 0 Å². The Bertz CT molecular complexity index is 461. The molecule has 0 unspecified atom stereocenters. The lowest BCUT2D eigenvalue weighted by atomic mass is 10.0. The van der Waals surface area contributed by atoms with Crippen LogP contribution in [-0.4, -0.2) is 36.5 Å². The van der Waals surface area contributed by atoms with Crippen LogP contribution >= 0.6 is 27.5 Å². The Morgan fingerprint density at radius 1 is 1.47 bits per heavy atom. The summed E-state index contributed by atoms with van der Waals surface area (Å²) in [6, 6.07) is 5.69. The highest BCUT2D eigenvalue weighted by molar-refractivity contribution is 9.10. The van der Waals surface area contributed by atoms with Crippen molar-refractivity contribution in [1.82, 2.24) is 10.2 Å². The topological polar surface area (TPSA) is 32.3 Å². The molecule has 19 heavy (non-hydrogen) atoms. The number of hydrogen-bond acceptors (Lipinski definition) is 2. The lowest BCUT2D eigenvalue weighted by Crippen LogP contribution is -2.46. The molecule has 0 radical (unpaired) electrons. The Hall–Kier alpha value is -0.580. The van der Waals surface area contributed by atoms with E-state index in [9.17, 15) is 4.79 Å². The van der Waals surface area contributed by atoms with Gasteiger partial charge in [-0.15, -0.1) is 0 Å². The summed E-state index contributed by atoms with van der Waals surface area (Å²) in [7, 11) is 0. The second-order valence-electron chi connectivity index (χ2n) is 4.70. The molecule has 1 N–H and O–H groups in total. The van der Waals surface area contributed by atoms with Crippen LogP contribution < -0.4 is 5.32 Å². The van der Waals surface area contributed by atoms with Gasteiger partial charge in [-0.25, -0.2) is 0 Å². The van der Waals surface area contributed by atoms with E-state index in [2.05, 4.69) is 21.2 Å². The van der Waals surface area contributed by atoms with Gasteiger partial charge in [-0.2, -0.15) is 0 Å². The molecular weight excluding hydrogens is 328 g/mol. The van der Waals surface area contributed by atoms with Gasteiger partial charge in [0, 0.05) is 22.6 Å². The van der Waals surface area contributed by atoms with Gasteiger partial charge in [-0.1, -0.05) is 11.6 Å². The second-order valence-corrected chi connectivity index (χ2v) is 5.96. The van der Waals surface area contributed by atoms with Crippen molar-refractivity contribution in [2.45, 2.75) is 25.8 Å². The van der Waals surface area contributed by atoms with Crippen LogP contribution in [0.2, 0.25) is 5.02 Å². The van der Waals surface area contributed by atoms with Gasteiger partial charge in [0.1, 0.15) is 0 Å². The molecule has 0 aliphatic carbocycles. The van der Waals surface area contributed by atoms with Crippen molar-refractivity contribution in [2.24, 2.45) is 0 Å². The van der Waals surface area contributed by atoms with Crippen molar-refractivity contribution in [1.29, 1.82) is 0 Å². The number of hydrogen-bond donors (Lipinski definition) is 1. The number of nitrogens with one attached hydrogen (secondary N) is 1. The fourth-order valence-corrected chi connectivity index (χ4v) is 2.98. The summed E-state index contributed by atoms with van der Waals surface area (Å²) < 4.78 is 0.765. The minimum absolute atomic E-state index is 0.0896. The number of nitrogens with zero attached hydrogens (tertiary/aromatic N) is 1. The maximum absolute atomic E-state index is 12.6. The molecule has 0 bridgehead atoms. The van der Waals surface area contributed by atoms with Gasteiger partial charge in [0.25, 0.3) is 5.91 Å². The van der Waals surface area contributed by atoms with E-state index in [4.69, 9.17) is 11.6 Å². The Morgan fingerprint density at radius 3 is 2.74 bits per heavy atom. The molecule has 1 aromatic carbocycles. The molecule has 104 valence electrons. The van der Waals surface area contributed by atoms with E-state index < -0.39 is 0 Å². The molecule has 1 aromatic rings. The third kappa shape index (κ3) is 3.50. The van der Waals surface area contributed by atoms with Gasteiger partial charge < -0.3 is 10.2 Å². The lowest BCUT2D eigenvalue weighted by Gasteiger charge is -2.34. The van der Waals surface area contributed by atoms with Crippen LogP contribution in [-0.2, 0) is 0 Å². The Morgan fingerprint density at radius 2 is 2.16 bits per heavy atom. The predicted molar refractivity (Wildman–Crippen MR) is 81.8 cm³/mol. The summed E-state index contributed by atoms with van der Waals surface area (Å²) in [5.41, 5.74) is 0.691. The minimum atomic E-state index is 0.0896. The van der Waals surface area contributed by atoms with Gasteiger partial charge in [-0.3, -0.25) is 4.79 Å². The molecule has 1 saturated heterocycles. The summed E-state index contributed by atoms with van der Waals surface area (Å²) in [6.45, 7) is 4.74. The zero-order valence-corrected chi connectivity index (χ0v) is 13.3. The molecule has 1 aliphatic heterocycles. The van der Waals surface area contributed by atoms with Gasteiger partial charge in [-0.05, 0) is 67.0 Å². The molecule has 1 heterocycles. The lowest BCUT2D eigenvalue weighted by molar-refractivity contribution is 0.0656. The van der Waals surface area contributed by atoms with Crippen LogP contribution in [0.4, 0.5) is 0 Å². The summed E-state index contributed by atoms with van der Waals surface area (Å²) in [5, 5.41) is 3.95. The van der Waals surface area contributed by atoms with Crippen molar-refractivity contribution in [3.8, 4) is 0 Å². The van der Waals surface area contributed by atoms with E-state index in [0.717, 1.165) is 36.9 Å². The zero-order valence-electron chi connectivity index (χ0n) is 11.0. The van der Waals surface area contributed by atoms with Crippen molar-refractivity contribution in [3.05, 3.63) is 33.3 Å². The molecule has 1 aliphatic rings. The number of benzene rings is 1. The standard InChI is InChI=1S/C14H18BrClN2O/c1-2-18(11-5-7-17-8-6-11)14(19)10-3-4-13(16)12(15)9-10/h3-4,9,11,17H,2,5-8H2,1H3. The number of carbonyl (C=O) groups excluding carboxylic acids is 1. The summed E-state index contributed by atoms with van der Waals surface area (Å²) >= 11 is 9.34. The first kappa shape index (κ1) is 14.8. The molecule has 1 amide bonds. The molecule has 0 atom stereocenters. The molecule has 0 saturated carbocycles. The first-order valence-corrected chi connectivity index (χ1v) is 7.77. The monoisotopic (exact) mass is 344 g/mol. The van der Waals surface area contributed by atoms with Crippen molar-refractivity contribution < 1.29 is 4.79 Å². The Labute approximate surface area is 127 Å². The largest absolute Gasteiger partial charge is 0.336 e. The Kier molecular flexibility index (Phi) is 5.25. The maximum atomic E-state index is 12.6. The number of carbonyl (C=O) groups is 1. The average Bonchev–Trinajstić information content (AvgIpc) is 2.44. The number of piperidine rings is 1. The van der Waals surface area contributed by atoms with Crippen molar-refractivity contribution >= 4 is 33.4 Å². The van der Waals surface area contributed by atoms with E-state index >= 15 is 0 Å². The molecule has 0 aromatic heterocycles. The zero-order chi connectivity index (χ0) is 13.8. The quantitative estimate of drug-likeness (QED) is 0.911. The molecule has 3 nitrogen and oxygen atoms in total. The van der Waals surface area contributed by atoms with Gasteiger partial charge >= 0.3 is 0 Å². The van der Waals surface area contributed by atoms with Crippen LogP contribution in [0.3, 0.4) is 0 Å². The van der Waals surface area contributed by atoms with E-state index in [0.29, 0.717) is 16.6 Å². The van der Waals surface area contributed by atoms with Crippen LogP contribution in [0.1, 0.15) is 30.1 Å². The first-order chi connectivity index (χ1) is 9.13. The van der Waals surface area contributed by atoms with Gasteiger partial charge in [0.05, 0.1) is 5.02 Å². The fourth-order valence-electron chi connectivity index (χ4n) is 2.48. The molecule has 5 heteroatoms. The molecule has 2 rings (SSSR count). The normalized spacial score (nSPS) is 16.4. The summed E-state index contributed by atoms with van der Waals surface area (Å²) in [5.74, 6) is 0.0896. The second kappa shape index (κ2) is 6.73. The average molecular weight is 346 g/mol. The van der Waals surface area contributed by atoms with Crippen LogP contribution in [0.25, 0.3) is 0 Å². The summed E-state index contributed by atoms with van der Waals surface area (Å²) in [4.78, 5) is 14.5. The number of rotatable bonds is 3. The Balaban J connectivity index is 2.17. The van der Waals surface area contributed by atoms with E-state index in [1.807, 2.05) is 11.8 Å². The van der Waals surface area contributed by atoms with E-state index in [1.54, 1.807) is 18.2 Å². The van der Waals surface area contributed by atoms with E-state index in [1.165, 1.54) is 0 Å². The minimum Gasteiger partial charge on any atom is -0.336 e. The van der Waals surface area contributed by atoms with Crippen molar-refractivity contribution in [3.63, 3.8) is 0 Å². The van der Waals surface area contributed by atoms with Crippen LogP contribution in [0.15, 0.2) is 22.7 Å². The highest BCUT2D eigenvalue weighted by atomic mass is 79.9. The highest BCUT2D eigenvalue weighted by Gasteiger charge is 2.25. The number of halogens is 2. The summed E-state index contributed by atoms with van der Waals surface area (Å²) in [6.07, 6.45) is 2.04. The maximum Gasteiger partial charge on any atom is 0.254 e. The third-order valence-corrected chi connectivity index (χ3v) is 4.73. The molecule has 1 fully saturated rings. The van der Waals surface area contributed by atoms with E-state index in [-0.39, 0.29) is 5.91 Å². The van der Waals surface area contributed by atoms with Gasteiger partial charge in [0.2, 0.25) is 0 Å². The first-order valence-electron chi connectivity index (χ1n) is 6.60.